The van der Waals surface area contributed by atoms with Crippen molar-refractivity contribution >= 4 is 11.1 Å². The second-order valence-electron chi connectivity index (χ2n) is 17.1. The summed E-state index contributed by atoms with van der Waals surface area (Å²) in [5.41, 5.74) is 8.74. The van der Waals surface area contributed by atoms with Crippen LogP contribution in [0.25, 0.3) is 11.1 Å². The topological polar surface area (TPSA) is 13.1 Å². The van der Waals surface area contributed by atoms with Crippen LogP contribution in [0.4, 0.5) is 0 Å². The third-order valence-corrected chi connectivity index (χ3v) is 11.9. The van der Waals surface area contributed by atoms with Crippen LogP contribution in [0.1, 0.15) is 282 Å². The van der Waals surface area contributed by atoms with Gasteiger partial charge in [0.1, 0.15) is 11.5 Å². The van der Waals surface area contributed by atoms with Gasteiger partial charge in [0, 0.05) is 5.57 Å². The molecule has 3 rings (SSSR count). The Labute approximate surface area is 352 Å². The third kappa shape index (κ3) is 23.4. The van der Waals surface area contributed by atoms with Gasteiger partial charge >= 0.3 is 0 Å². The molecule has 2 unspecified atom stereocenters. The molecule has 2 aromatic rings. The van der Waals surface area contributed by atoms with E-state index in [1.54, 1.807) is 11.1 Å². The number of aryl methyl sites for hydroxylation is 2. The van der Waals surface area contributed by atoms with Gasteiger partial charge in [-0.2, -0.15) is 0 Å². The number of unbranched alkanes of at least 4 members (excludes halogenated alkanes) is 13. The van der Waals surface area contributed by atoms with E-state index in [9.17, 15) is 0 Å². The smallest absolute Gasteiger partial charge is 0.133 e. The molecule has 0 radical (unpaired) electrons. The van der Waals surface area contributed by atoms with Crippen molar-refractivity contribution in [1.29, 1.82) is 0 Å². The molecule has 0 amide bonds. The van der Waals surface area contributed by atoms with Crippen molar-refractivity contribution in [3.05, 3.63) is 70.2 Å². The van der Waals surface area contributed by atoms with Crippen LogP contribution in [-0.4, -0.2) is 0 Å². The second kappa shape index (κ2) is 36.1. The van der Waals surface area contributed by atoms with E-state index in [0.29, 0.717) is 5.92 Å². The normalized spacial score (nSPS) is 14.1. The fraction of sp³-hybridized carbons (Fsp3) is 0.745. The van der Waals surface area contributed by atoms with Crippen molar-refractivity contribution in [3.8, 4) is 0 Å². The van der Waals surface area contributed by atoms with E-state index in [0.717, 1.165) is 36.2 Å². The van der Waals surface area contributed by atoms with Crippen molar-refractivity contribution in [3.63, 3.8) is 0 Å². The van der Waals surface area contributed by atoms with E-state index in [2.05, 4.69) is 106 Å². The van der Waals surface area contributed by atoms with Gasteiger partial charge in [-0.1, -0.05) is 216 Å². The Morgan fingerprint density at radius 1 is 0.679 bits per heavy atom. The quantitative estimate of drug-likeness (QED) is 0.0685. The zero-order chi connectivity index (χ0) is 42.0. The highest BCUT2D eigenvalue weighted by Crippen LogP contribution is 2.43. The van der Waals surface area contributed by atoms with Crippen LogP contribution in [0, 0.1) is 19.8 Å². The largest absolute Gasteiger partial charge is 0.461 e. The van der Waals surface area contributed by atoms with E-state index in [4.69, 9.17) is 4.42 Å². The van der Waals surface area contributed by atoms with Crippen LogP contribution in [0.5, 0.6) is 0 Å². The van der Waals surface area contributed by atoms with Crippen LogP contribution in [-0.2, 0) is 0 Å². The first-order valence-corrected chi connectivity index (χ1v) is 24.8. The summed E-state index contributed by atoms with van der Waals surface area (Å²) in [6.45, 7) is 28.9. The van der Waals surface area contributed by atoms with Crippen molar-refractivity contribution in [1.82, 2.24) is 0 Å². The van der Waals surface area contributed by atoms with E-state index in [1.807, 2.05) is 20.8 Å². The zero-order valence-corrected chi connectivity index (χ0v) is 40.3. The molecule has 1 fully saturated rings. The lowest BCUT2D eigenvalue weighted by Crippen LogP contribution is -2.14. The molecule has 0 saturated heterocycles. The minimum absolute atomic E-state index is 0.702. The molecule has 2 atom stereocenters. The predicted molar refractivity (Wildman–Crippen MR) is 257 cm³/mol. The van der Waals surface area contributed by atoms with Gasteiger partial charge in [-0.3, -0.25) is 0 Å². The van der Waals surface area contributed by atoms with Gasteiger partial charge < -0.3 is 4.42 Å². The molecule has 1 aliphatic carbocycles. The Hall–Kier alpha value is -2.02. The molecule has 0 aliphatic heterocycles. The molecule has 56 heavy (non-hydrogen) atoms. The Kier molecular flexibility index (Phi) is 34.8. The first-order chi connectivity index (χ1) is 27.2. The molecule has 1 aromatic carbocycles. The molecule has 324 valence electrons. The van der Waals surface area contributed by atoms with Crippen molar-refractivity contribution in [2.75, 3.05) is 0 Å². The summed E-state index contributed by atoms with van der Waals surface area (Å²) >= 11 is 0. The van der Waals surface area contributed by atoms with Crippen LogP contribution in [0.15, 0.2) is 40.8 Å². The summed E-state index contributed by atoms with van der Waals surface area (Å²) < 4.78 is 6.03. The van der Waals surface area contributed by atoms with Crippen LogP contribution >= 0.6 is 0 Å². The third-order valence-electron chi connectivity index (χ3n) is 11.9. The Bertz CT molecular complexity index is 1230. The molecule has 1 aromatic heterocycles. The van der Waals surface area contributed by atoms with Gasteiger partial charge in [-0.15, -0.1) is 0 Å². The standard InChI is InChI=1S/C38H58O.C11H24.C4H10.C2H6/c1-7-10-12-13-14-15-16-17-18-21-32(9-3)36-27-30(5)35(28-37(36)33-22-19-23-33)29(4)26-34(20-11-8-2)38-25-24-31(6)39-38;1-4-6-7-8-10-11(3)9-5-2;1-3-4-2;1-2/h20,24-28,32-33H,7-19,21-23H2,1-6H3;11H,4-10H2,1-3H3;3-4H2,1-2H3;1-2H3/b29-26-,34-20-;;;. The van der Waals surface area contributed by atoms with Gasteiger partial charge in [-0.25, -0.2) is 0 Å². The molecular weight excluding hydrogens is 677 g/mol. The summed E-state index contributed by atoms with van der Waals surface area (Å²) in [5, 5.41) is 0. The fourth-order valence-corrected chi connectivity index (χ4v) is 7.87. The minimum atomic E-state index is 0.702. The maximum absolute atomic E-state index is 6.03. The van der Waals surface area contributed by atoms with Gasteiger partial charge in [0.15, 0.2) is 0 Å². The average Bonchev–Trinajstić information content (AvgIpc) is 3.63. The summed E-state index contributed by atoms with van der Waals surface area (Å²) in [6.07, 6.45) is 38.9. The number of furan rings is 1. The molecule has 1 nitrogen and oxygen atoms in total. The summed E-state index contributed by atoms with van der Waals surface area (Å²) in [4.78, 5) is 0. The lowest BCUT2D eigenvalue weighted by molar-refractivity contribution is 0.412. The monoisotopic (exact) mass is 775 g/mol. The maximum Gasteiger partial charge on any atom is 0.133 e. The van der Waals surface area contributed by atoms with Crippen molar-refractivity contribution in [2.45, 2.75) is 262 Å². The van der Waals surface area contributed by atoms with Crippen molar-refractivity contribution in [2.24, 2.45) is 5.92 Å². The average molecular weight is 775 g/mol. The second-order valence-corrected chi connectivity index (χ2v) is 17.1. The first-order valence-electron chi connectivity index (χ1n) is 24.8. The molecule has 0 bridgehead atoms. The molecular formula is C55H98O. The van der Waals surface area contributed by atoms with E-state index >= 15 is 0 Å². The lowest BCUT2D eigenvalue weighted by Gasteiger charge is -2.32. The highest BCUT2D eigenvalue weighted by atomic mass is 16.3. The number of hydrogen-bond donors (Lipinski definition) is 0. The minimum Gasteiger partial charge on any atom is -0.461 e. The van der Waals surface area contributed by atoms with Gasteiger partial charge in [0.05, 0.1) is 0 Å². The lowest BCUT2D eigenvalue weighted by atomic mass is 9.73. The molecule has 1 heterocycles. The number of hydrogen-bond acceptors (Lipinski definition) is 1. The number of allylic oxidation sites excluding steroid dienone is 4. The molecule has 0 spiro atoms. The summed E-state index contributed by atoms with van der Waals surface area (Å²) in [6, 6.07) is 9.36. The summed E-state index contributed by atoms with van der Waals surface area (Å²) in [7, 11) is 0. The van der Waals surface area contributed by atoms with E-state index in [1.165, 1.54) is 170 Å². The highest BCUT2D eigenvalue weighted by molar-refractivity contribution is 5.82. The van der Waals surface area contributed by atoms with E-state index in [-0.39, 0.29) is 0 Å². The molecule has 1 saturated carbocycles. The maximum atomic E-state index is 6.03. The number of rotatable bonds is 26. The first kappa shape index (κ1) is 54.0. The molecule has 0 N–H and O–H groups in total. The van der Waals surface area contributed by atoms with E-state index < -0.39 is 0 Å². The zero-order valence-electron chi connectivity index (χ0n) is 40.3. The van der Waals surface area contributed by atoms with Crippen LogP contribution in [0.2, 0.25) is 0 Å². The Balaban J connectivity index is 0.00000149. The molecule has 1 heteroatoms. The van der Waals surface area contributed by atoms with Crippen molar-refractivity contribution < 1.29 is 4.42 Å². The Morgan fingerprint density at radius 2 is 1.25 bits per heavy atom. The summed E-state index contributed by atoms with van der Waals surface area (Å²) in [5.74, 6) is 4.39. The number of benzene rings is 1. The predicted octanol–water partition coefficient (Wildman–Crippen LogP) is 20.1. The van der Waals surface area contributed by atoms with Crippen LogP contribution < -0.4 is 0 Å². The van der Waals surface area contributed by atoms with Gasteiger partial charge in [0.25, 0.3) is 0 Å². The SMILES string of the molecule is CC.CCC/C=C(/C=C(/C)c1cc(C2CCC2)c(C(CC)CCCCCCCCCCC)cc1C)c1ccc(C)o1.CCCC.CCCCCCC(C)CCC. The van der Waals surface area contributed by atoms with Gasteiger partial charge in [0.2, 0.25) is 0 Å². The highest BCUT2D eigenvalue weighted by Gasteiger charge is 2.26. The van der Waals surface area contributed by atoms with Crippen LogP contribution in [0.3, 0.4) is 0 Å². The molecule has 1 aliphatic rings. The fourth-order valence-electron chi connectivity index (χ4n) is 7.87. The Morgan fingerprint density at radius 3 is 1.73 bits per heavy atom. The van der Waals surface area contributed by atoms with Gasteiger partial charge in [-0.05, 0) is 117 Å².